The average molecular weight is 1680 g/mol. The number of methoxy groups -OCH3 is 5. The number of azide groups is 2. The van der Waals surface area contributed by atoms with Gasteiger partial charge in [0, 0.05) is 48.1 Å². The first-order valence-electron chi connectivity index (χ1n) is 35.5. The Balaban J connectivity index is 0. The molecular formula is C70H112F3N14NaO26S. The van der Waals surface area contributed by atoms with E-state index in [0.717, 1.165) is 24.7 Å². The Bertz CT molecular complexity index is 3690. The summed E-state index contributed by atoms with van der Waals surface area (Å²) in [5, 5.41) is 36.4. The van der Waals surface area contributed by atoms with Crippen molar-refractivity contribution < 1.29 is 166 Å². The molecule has 5 heterocycles. The number of amides is 4. The fraction of sp³-hybridized carbons (Fsp3) is 0.757. The first-order chi connectivity index (χ1) is 52.2. The number of aliphatic hydroxyl groups is 2. The summed E-state index contributed by atoms with van der Waals surface area (Å²) in [7, 11) is 2.25. The molecule has 1 aliphatic carbocycles. The number of aliphatic hydroxyl groups excluding tert-OH is 2. The summed E-state index contributed by atoms with van der Waals surface area (Å²) in [5.41, 5.74) is 23.9. The molecule has 7 rings (SSSR count). The van der Waals surface area contributed by atoms with Crippen LogP contribution in [0.2, 0.25) is 0 Å². The molecule has 0 radical (unpaired) electrons. The number of carbonyl (C=O) groups is 11. The fourth-order valence-corrected chi connectivity index (χ4v) is 12.8. The first kappa shape index (κ1) is 108. The number of ether oxygens (including phenoxy) is 9. The third-order valence-corrected chi connectivity index (χ3v) is 18.4. The minimum absolute atomic E-state index is 0. The number of nitrogens with one attached hydrogen (secondary N) is 1. The summed E-state index contributed by atoms with van der Waals surface area (Å²) >= 11 is 0. The summed E-state index contributed by atoms with van der Waals surface area (Å²) < 4.78 is 107. The quantitative estimate of drug-likeness (QED) is 0.0249. The van der Waals surface area contributed by atoms with Crippen molar-refractivity contribution in [2.45, 2.75) is 274 Å². The first-order valence-corrected chi connectivity index (χ1v) is 36.9. The molecule has 115 heavy (non-hydrogen) atoms. The van der Waals surface area contributed by atoms with E-state index < -0.39 is 145 Å². The Kier molecular flexibility index (Phi) is 44.2. The van der Waals surface area contributed by atoms with Gasteiger partial charge in [-0.15, -0.1) is 0 Å². The van der Waals surface area contributed by atoms with Crippen molar-refractivity contribution in [3.63, 3.8) is 0 Å². The SMILES string of the molecule is COC(=O)[C@@H]1C[C@@H](O)CN1C(=O)OC(C)(C)C.COC(=O)[C@]1(C)C[C@@H](O)CN1C(=O)OC(C)(C)C.COC(=O)[C@]1(C)C[C@@H](OS(=O)(=O)c2ccc(C)cc2)CN1C(=O)OC(C)(C)C.COC(=O)[C@]1(C)C[C@H](N=[N+]=[N-])CN1.COC(=O)[C@]1(C)C[C@H](N=[N+]=[N-])CN1C(=O)OC(C)(C)C.O=C(O)C(F)(F)F.O=CC1CCCCC1.[N-]=[N+]=[N-].[Na+]. The van der Waals surface area contributed by atoms with E-state index in [9.17, 15) is 79.7 Å². The maximum atomic E-state index is 12.6. The largest absolute Gasteiger partial charge is 1.00 e. The molecule has 0 aromatic heterocycles. The molecule has 5 saturated heterocycles. The third kappa shape index (κ3) is 36.2. The van der Waals surface area contributed by atoms with Gasteiger partial charge in [-0.3, -0.25) is 33.5 Å². The van der Waals surface area contributed by atoms with Gasteiger partial charge in [0.2, 0.25) is 0 Å². The summed E-state index contributed by atoms with van der Waals surface area (Å²) in [4.78, 5) is 138. The summed E-state index contributed by atoms with van der Waals surface area (Å²) in [6, 6.07) is 4.83. The van der Waals surface area contributed by atoms with Crippen molar-refractivity contribution in [1.29, 1.82) is 0 Å². The van der Waals surface area contributed by atoms with Gasteiger partial charge in [-0.05, 0) is 167 Å². The van der Waals surface area contributed by atoms with Crippen LogP contribution in [0.25, 0.3) is 36.9 Å². The average Bonchev–Trinajstić information content (AvgIpc) is 1.63. The van der Waals surface area contributed by atoms with Crippen LogP contribution < -0.4 is 34.9 Å². The second-order valence-electron chi connectivity index (χ2n) is 31.4. The van der Waals surface area contributed by atoms with E-state index in [1.165, 1.54) is 98.4 Å². The predicted octanol–water partition coefficient (Wildman–Crippen LogP) is 7.19. The molecule has 0 spiro atoms. The van der Waals surface area contributed by atoms with E-state index in [1.807, 2.05) is 6.92 Å². The van der Waals surface area contributed by atoms with E-state index in [0.29, 0.717) is 18.9 Å². The van der Waals surface area contributed by atoms with Crippen molar-refractivity contribution >= 4 is 76.6 Å². The number of aldehydes is 1. The molecule has 6 fully saturated rings. The van der Waals surface area contributed by atoms with Gasteiger partial charge in [0.05, 0.1) is 90.5 Å². The van der Waals surface area contributed by atoms with Gasteiger partial charge in [-0.2, -0.15) is 21.6 Å². The van der Waals surface area contributed by atoms with Crippen molar-refractivity contribution in [3.8, 4) is 0 Å². The third-order valence-electron chi connectivity index (χ3n) is 17.0. The Morgan fingerprint density at radius 2 is 0.939 bits per heavy atom. The Hall–Kier alpha value is -8.70. The van der Waals surface area contributed by atoms with Gasteiger partial charge >= 0.3 is 95.9 Å². The molecule has 10 atom stereocenters. The zero-order valence-corrected chi connectivity index (χ0v) is 72.4. The molecule has 646 valence electrons. The number of alkyl halides is 3. The molecule has 5 aliphatic heterocycles. The number of halogens is 3. The molecule has 4 amide bonds. The molecule has 0 unspecified atom stereocenters. The summed E-state index contributed by atoms with van der Waals surface area (Å²) in [6.45, 7) is 29.7. The number of likely N-dealkylation sites (tertiary alicyclic amines) is 4. The second-order valence-corrected chi connectivity index (χ2v) is 33.0. The zero-order valence-electron chi connectivity index (χ0n) is 69.6. The van der Waals surface area contributed by atoms with Crippen LogP contribution in [0.4, 0.5) is 32.3 Å². The number of carboxylic acid groups (broad SMARTS) is 1. The van der Waals surface area contributed by atoms with Crippen LogP contribution >= 0.6 is 0 Å². The van der Waals surface area contributed by atoms with Gasteiger partial charge < -0.3 is 79.1 Å². The molecule has 1 aromatic rings. The maximum Gasteiger partial charge on any atom is 1.00 e. The fourth-order valence-electron chi connectivity index (χ4n) is 11.7. The number of aryl methyl sites for hydroxylation is 1. The van der Waals surface area contributed by atoms with E-state index in [4.69, 9.17) is 69.4 Å². The number of esters is 5. The molecule has 45 heteroatoms. The van der Waals surface area contributed by atoms with Crippen LogP contribution in [0.5, 0.6) is 0 Å². The molecule has 6 aliphatic rings. The molecule has 4 N–H and O–H groups in total. The van der Waals surface area contributed by atoms with E-state index in [-0.39, 0.29) is 98.3 Å². The smallest absolute Gasteiger partial charge is 0.475 e. The van der Waals surface area contributed by atoms with Crippen molar-refractivity contribution in [2.24, 2.45) is 16.1 Å². The molecular weight excluding hydrogens is 1560 g/mol. The number of benzene rings is 1. The van der Waals surface area contributed by atoms with Crippen LogP contribution in [0.15, 0.2) is 39.4 Å². The van der Waals surface area contributed by atoms with Gasteiger partial charge in [-0.25, -0.2) is 43.2 Å². The number of carbonyl (C=O) groups excluding carboxylic acids is 10. The van der Waals surface area contributed by atoms with Gasteiger partial charge in [0.15, 0.2) is 0 Å². The predicted molar refractivity (Wildman–Crippen MR) is 398 cm³/mol. The van der Waals surface area contributed by atoms with Crippen LogP contribution in [0.1, 0.15) is 181 Å². The van der Waals surface area contributed by atoms with Gasteiger partial charge in [-0.1, -0.05) is 47.2 Å². The van der Waals surface area contributed by atoms with Gasteiger partial charge in [0.25, 0.3) is 10.1 Å². The second kappa shape index (κ2) is 46.9. The number of hydrogen-bond acceptors (Lipinski definition) is 28. The molecule has 1 aromatic carbocycles. The van der Waals surface area contributed by atoms with Crippen molar-refractivity contribution in [2.75, 3.05) is 68.3 Å². The van der Waals surface area contributed by atoms with Crippen molar-refractivity contribution in [1.82, 2.24) is 24.9 Å². The van der Waals surface area contributed by atoms with Gasteiger partial charge in [0.1, 0.15) is 56.9 Å². The molecule has 1 saturated carbocycles. The van der Waals surface area contributed by atoms with E-state index >= 15 is 0 Å². The Morgan fingerprint density at radius 3 is 1.31 bits per heavy atom. The summed E-state index contributed by atoms with van der Waals surface area (Å²) in [5.74, 6) is -4.98. The number of β-amino-alcohol motifs (C(OH)–C–C–N with tert-alkyl or cyclic N) is 2. The van der Waals surface area contributed by atoms with Crippen LogP contribution in [-0.2, 0) is 90.5 Å². The number of carboxylic acids is 1. The Labute approximate surface area is 689 Å². The van der Waals surface area contributed by atoms with Crippen LogP contribution in [-0.4, -0.2) is 265 Å². The minimum Gasteiger partial charge on any atom is -0.475 e. The number of nitrogens with zero attached hydrogens (tertiary/aromatic N) is 13. The monoisotopic (exact) mass is 1680 g/mol. The van der Waals surface area contributed by atoms with Crippen LogP contribution in [0.3, 0.4) is 0 Å². The maximum absolute atomic E-state index is 12.6. The van der Waals surface area contributed by atoms with E-state index in [1.54, 1.807) is 116 Å². The minimum atomic E-state index is -5.08. The standard InChI is InChI=1S/C19H27NO7S.C12H20N4O4.C12H21NO5.C11H19NO5.C7H12N4O2.C7H12O.C2HF3O2.N3.Na/c1-13-7-9-15(10-8-13)28(23,24)27-14-11-19(5,16(21)25-6)20(12-14)17(22)26-18(2,3)4;1-11(2,3)20-10(18)16-7-8(14-15-13)6-12(16,4)9(17)19-5;1-11(2,3)18-10(16)13-7-8(14)6-12(13,4)9(15)17-5;1-11(2,3)17-10(15)12-6-7(13)5-8(12)9(14)16-4;1-7(6(12)13-2)3-5(4-9-7)10-11-8;8-6-7-4-2-1-3-5-7;3-2(4,5)1(6)7;1-3-2;/h7-10,14H,11-12H2,1-6H3;8H,6-7H2,1-5H3;8,14H,6-7H2,1-5H3;7-8,13H,5-6H2,1-4H3;5,9H,3-4H2,1-2H3;6-7H,1-5H2;(H,6,7);;/q;;;;;;;-1;+1/t14-,19+;8-,12-;8-,12+;7-,8+;5-,7-;;;;/m10110..../s1. The number of aliphatic carboxylic acids is 1. The van der Waals surface area contributed by atoms with Crippen molar-refractivity contribution in [3.05, 3.63) is 66.7 Å². The van der Waals surface area contributed by atoms with E-state index in [2.05, 4.69) is 34.8 Å². The summed E-state index contributed by atoms with van der Waals surface area (Å²) in [6.07, 6.45) is -1.78. The number of hydrogen-bond donors (Lipinski definition) is 4. The molecule has 0 bridgehead atoms. The zero-order chi connectivity index (χ0) is 88.7. The topological polar surface area (TPSA) is 556 Å². The normalized spacial score (nSPS) is 24.1. The van der Waals surface area contributed by atoms with Crippen LogP contribution in [0, 0.1) is 12.8 Å². The number of rotatable bonds is 11. The molecule has 40 nitrogen and oxygen atoms in total. The Morgan fingerprint density at radius 1 is 0.557 bits per heavy atom.